The predicted octanol–water partition coefficient (Wildman–Crippen LogP) is 3.33. The summed E-state index contributed by atoms with van der Waals surface area (Å²) in [4.78, 5) is 12.4. The van der Waals surface area contributed by atoms with Gasteiger partial charge in [0.15, 0.2) is 0 Å². The van der Waals surface area contributed by atoms with Gasteiger partial charge in [0, 0.05) is 11.6 Å². The molecule has 0 bridgehead atoms. The van der Waals surface area contributed by atoms with E-state index in [0.29, 0.717) is 30.0 Å². The lowest BCUT2D eigenvalue weighted by molar-refractivity contribution is 0.102. The molecule has 156 valence electrons. The topological polar surface area (TPSA) is 101 Å². The van der Waals surface area contributed by atoms with Crippen molar-refractivity contribution in [1.29, 1.82) is 0 Å². The maximum absolute atomic E-state index is 13.2. The molecule has 0 unspecified atom stereocenters. The molecule has 1 amide bonds. The molecule has 1 N–H and O–H groups in total. The second kappa shape index (κ2) is 8.04. The minimum Gasteiger partial charge on any atom is -0.494 e. The molecule has 3 aromatic rings. The first-order chi connectivity index (χ1) is 14.4. The highest BCUT2D eigenvalue weighted by molar-refractivity contribution is 7.94. The number of carbonyl (C=O) groups excluding carboxylic acids is 1. The number of nitrogens with zero attached hydrogens (tertiary/aromatic N) is 3. The number of hydrogen-bond donors (Lipinski definition) is 1. The number of rotatable bonds is 6. The van der Waals surface area contributed by atoms with E-state index in [2.05, 4.69) is 15.5 Å². The van der Waals surface area contributed by atoms with Crippen LogP contribution in [0, 0.1) is 0 Å². The van der Waals surface area contributed by atoms with E-state index >= 15 is 0 Å². The van der Waals surface area contributed by atoms with Gasteiger partial charge in [-0.25, -0.2) is 0 Å². The van der Waals surface area contributed by atoms with Crippen LogP contribution in [-0.2, 0) is 16.4 Å². The van der Waals surface area contributed by atoms with Gasteiger partial charge in [-0.15, -0.1) is 10.2 Å². The summed E-state index contributed by atoms with van der Waals surface area (Å²) in [7, 11) is -3.88. The van der Waals surface area contributed by atoms with Crippen molar-refractivity contribution >= 4 is 38.1 Å². The first-order valence-corrected chi connectivity index (χ1v) is 11.7. The number of hydrogen-bond acceptors (Lipinski definition) is 7. The number of carbonyl (C=O) groups is 1. The minimum absolute atomic E-state index is 0.118. The van der Waals surface area contributed by atoms with E-state index in [0.717, 1.165) is 16.9 Å². The van der Waals surface area contributed by atoms with Crippen LogP contribution in [0.3, 0.4) is 0 Å². The van der Waals surface area contributed by atoms with Gasteiger partial charge in [0.25, 0.3) is 20.3 Å². The summed E-state index contributed by atoms with van der Waals surface area (Å²) >= 11 is 0.829. The Morgan fingerprint density at radius 1 is 1.20 bits per heavy atom. The molecule has 0 radical (unpaired) electrons. The molecule has 0 fully saturated rings. The number of amides is 1. The number of benzene rings is 2. The standard InChI is InChI=1S/C20H20N4O4S2/c1-3-28-16-10-8-14(9-11-16)18(25)21-19-22-23-20(29-19)30(26,27)24-13(2)12-15-6-4-5-7-17(15)24/h4-11,13H,3,12H2,1-2H3,(H,21,22,25)/t13-/m0/s1. The van der Waals surface area contributed by atoms with E-state index in [1.165, 1.54) is 4.31 Å². The van der Waals surface area contributed by atoms with E-state index in [4.69, 9.17) is 4.74 Å². The summed E-state index contributed by atoms with van der Waals surface area (Å²) in [6.07, 6.45) is 0.634. The zero-order chi connectivity index (χ0) is 21.3. The Bertz CT molecular complexity index is 1180. The van der Waals surface area contributed by atoms with E-state index in [1.807, 2.05) is 32.0 Å². The van der Waals surface area contributed by atoms with Gasteiger partial charge in [-0.3, -0.25) is 14.4 Å². The highest BCUT2D eigenvalue weighted by atomic mass is 32.2. The third kappa shape index (κ3) is 3.75. The van der Waals surface area contributed by atoms with Crippen molar-refractivity contribution in [1.82, 2.24) is 10.2 Å². The number of anilines is 2. The summed E-state index contributed by atoms with van der Waals surface area (Å²) in [6, 6.07) is 13.8. The summed E-state index contributed by atoms with van der Waals surface area (Å²) in [6.45, 7) is 4.27. The Morgan fingerprint density at radius 3 is 2.67 bits per heavy atom. The Balaban J connectivity index is 1.53. The highest BCUT2D eigenvalue weighted by Gasteiger charge is 2.38. The minimum atomic E-state index is -3.88. The van der Waals surface area contributed by atoms with Crippen LogP contribution >= 0.6 is 11.3 Å². The molecule has 1 aromatic heterocycles. The van der Waals surface area contributed by atoms with Crippen molar-refractivity contribution in [2.24, 2.45) is 0 Å². The lowest BCUT2D eigenvalue weighted by Gasteiger charge is -2.22. The number of aromatic nitrogens is 2. The van der Waals surface area contributed by atoms with Gasteiger partial charge in [0.1, 0.15) is 5.75 Å². The van der Waals surface area contributed by atoms with Crippen LogP contribution in [0.15, 0.2) is 52.9 Å². The molecule has 8 nitrogen and oxygen atoms in total. The number of sulfonamides is 1. The van der Waals surface area contributed by atoms with E-state index in [-0.39, 0.29) is 15.5 Å². The molecule has 2 heterocycles. The van der Waals surface area contributed by atoms with Crippen LogP contribution in [0.2, 0.25) is 0 Å². The Hall–Kier alpha value is -2.98. The smallest absolute Gasteiger partial charge is 0.293 e. The predicted molar refractivity (Wildman–Crippen MR) is 115 cm³/mol. The summed E-state index contributed by atoms with van der Waals surface area (Å²) in [5.74, 6) is 0.261. The van der Waals surface area contributed by atoms with Crippen LogP contribution in [0.25, 0.3) is 0 Å². The van der Waals surface area contributed by atoms with Crippen LogP contribution in [-0.4, -0.2) is 37.2 Å². The normalized spacial score (nSPS) is 15.7. The summed E-state index contributed by atoms with van der Waals surface area (Å²) < 4.78 is 32.9. The molecule has 4 rings (SSSR count). The first-order valence-electron chi connectivity index (χ1n) is 9.40. The van der Waals surface area contributed by atoms with Gasteiger partial charge in [0.05, 0.1) is 12.3 Å². The van der Waals surface area contributed by atoms with Gasteiger partial charge in [-0.05, 0) is 56.2 Å². The third-order valence-corrected chi connectivity index (χ3v) is 7.79. The molecule has 0 saturated heterocycles. The van der Waals surface area contributed by atoms with Crippen molar-refractivity contribution in [2.75, 3.05) is 16.2 Å². The SMILES string of the molecule is CCOc1ccc(C(=O)Nc2nnc(S(=O)(=O)N3c4ccccc4C[C@@H]3C)s2)cc1. The maximum atomic E-state index is 13.2. The van der Waals surface area contributed by atoms with Crippen LogP contribution < -0.4 is 14.4 Å². The lowest BCUT2D eigenvalue weighted by Crippen LogP contribution is -2.35. The fraction of sp³-hybridized carbons (Fsp3) is 0.250. The van der Waals surface area contributed by atoms with E-state index in [9.17, 15) is 13.2 Å². The lowest BCUT2D eigenvalue weighted by atomic mass is 10.1. The Morgan fingerprint density at radius 2 is 1.93 bits per heavy atom. The molecular weight excluding hydrogens is 424 g/mol. The van der Waals surface area contributed by atoms with Crippen molar-refractivity contribution in [3.05, 3.63) is 59.7 Å². The number of ether oxygens (including phenoxy) is 1. The largest absolute Gasteiger partial charge is 0.494 e. The molecule has 30 heavy (non-hydrogen) atoms. The fourth-order valence-corrected chi connectivity index (χ4v) is 6.06. The maximum Gasteiger partial charge on any atom is 0.293 e. The average Bonchev–Trinajstić information content (AvgIpc) is 3.33. The molecule has 2 aromatic carbocycles. The molecule has 10 heteroatoms. The number of nitrogens with one attached hydrogen (secondary N) is 1. The molecule has 0 spiro atoms. The van der Waals surface area contributed by atoms with Gasteiger partial charge < -0.3 is 4.74 Å². The number of para-hydroxylation sites is 1. The zero-order valence-corrected chi connectivity index (χ0v) is 18.0. The molecule has 1 atom stereocenters. The molecule has 1 aliphatic rings. The van der Waals surface area contributed by atoms with Gasteiger partial charge in [-0.1, -0.05) is 29.5 Å². The molecule has 1 aliphatic heterocycles. The van der Waals surface area contributed by atoms with Crippen molar-refractivity contribution in [3.63, 3.8) is 0 Å². The Labute approximate surface area is 178 Å². The zero-order valence-electron chi connectivity index (χ0n) is 16.4. The van der Waals surface area contributed by atoms with Gasteiger partial charge in [0.2, 0.25) is 5.13 Å². The monoisotopic (exact) mass is 444 g/mol. The van der Waals surface area contributed by atoms with Crippen LogP contribution in [0.1, 0.15) is 29.8 Å². The summed E-state index contributed by atoms with van der Waals surface area (Å²) in [5.41, 5.74) is 2.03. The van der Waals surface area contributed by atoms with Crippen molar-refractivity contribution in [2.45, 2.75) is 30.6 Å². The van der Waals surface area contributed by atoms with E-state index in [1.54, 1.807) is 30.3 Å². The third-order valence-electron chi connectivity index (χ3n) is 4.68. The fourth-order valence-electron chi connectivity index (χ4n) is 3.39. The van der Waals surface area contributed by atoms with Gasteiger partial charge in [-0.2, -0.15) is 8.42 Å². The second-order valence-electron chi connectivity index (χ2n) is 6.77. The average molecular weight is 445 g/mol. The molecule has 0 aliphatic carbocycles. The molecular formula is C20H20N4O4S2. The van der Waals surface area contributed by atoms with Crippen LogP contribution in [0.5, 0.6) is 5.75 Å². The summed E-state index contributed by atoms with van der Waals surface area (Å²) in [5, 5.41) is 10.4. The molecule has 0 saturated carbocycles. The van der Waals surface area contributed by atoms with Crippen LogP contribution in [0.4, 0.5) is 10.8 Å². The highest BCUT2D eigenvalue weighted by Crippen LogP contribution is 2.37. The quantitative estimate of drug-likeness (QED) is 0.585. The Kier molecular flexibility index (Phi) is 5.44. The van der Waals surface area contributed by atoms with Crippen molar-refractivity contribution < 1.29 is 17.9 Å². The van der Waals surface area contributed by atoms with Gasteiger partial charge >= 0.3 is 0 Å². The number of fused-ring (bicyclic) bond motifs is 1. The second-order valence-corrected chi connectivity index (χ2v) is 9.73. The van der Waals surface area contributed by atoms with E-state index < -0.39 is 15.9 Å². The first kappa shape index (κ1) is 20.3. The van der Waals surface area contributed by atoms with Crippen molar-refractivity contribution in [3.8, 4) is 5.75 Å².